The standard InChI is InChI=1S/C16H25NO2S/c1-13-8-10-16(11-9-13)20(18,19)14(2)12-17-15-6-4-3-5-7-15/h8-11,14-15,17H,3-7,12H2,1-2H3. The molecule has 1 aliphatic rings. The summed E-state index contributed by atoms with van der Waals surface area (Å²) in [4.78, 5) is 0.432. The molecule has 112 valence electrons. The van der Waals surface area contributed by atoms with Crippen molar-refractivity contribution in [3.05, 3.63) is 29.8 Å². The lowest BCUT2D eigenvalue weighted by Crippen LogP contribution is -2.38. The molecule has 0 amide bonds. The molecular weight excluding hydrogens is 270 g/mol. The van der Waals surface area contributed by atoms with Gasteiger partial charge in [-0.2, -0.15) is 0 Å². The van der Waals surface area contributed by atoms with Crippen molar-refractivity contribution in [1.82, 2.24) is 5.32 Å². The predicted molar refractivity (Wildman–Crippen MR) is 82.7 cm³/mol. The van der Waals surface area contributed by atoms with Crippen LogP contribution >= 0.6 is 0 Å². The molecule has 0 spiro atoms. The molecule has 1 aliphatic carbocycles. The minimum atomic E-state index is -3.22. The molecule has 1 saturated carbocycles. The maximum absolute atomic E-state index is 12.5. The van der Waals surface area contributed by atoms with E-state index in [4.69, 9.17) is 0 Å². The average molecular weight is 295 g/mol. The highest BCUT2D eigenvalue weighted by Crippen LogP contribution is 2.19. The van der Waals surface area contributed by atoms with Crippen molar-refractivity contribution < 1.29 is 8.42 Å². The SMILES string of the molecule is Cc1ccc(S(=O)(=O)C(C)CNC2CCCCC2)cc1. The molecule has 1 fully saturated rings. The zero-order valence-corrected chi connectivity index (χ0v) is 13.2. The molecule has 2 rings (SSSR count). The first-order chi connectivity index (χ1) is 9.50. The van der Waals surface area contributed by atoms with Crippen molar-refractivity contribution in [2.24, 2.45) is 0 Å². The van der Waals surface area contributed by atoms with E-state index in [-0.39, 0.29) is 5.25 Å². The lowest BCUT2D eigenvalue weighted by Gasteiger charge is -2.24. The van der Waals surface area contributed by atoms with Crippen LogP contribution in [0.5, 0.6) is 0 Å². The van der Waals surface area contributed by atoms with Crippen molar-refractivity contribution in [2.45, 2.75) is 62.1 Å². The van der Waals surface area contributed by atoms with Crippen molar-refractivity contribution >= 4 is 9.84 Å². The first-order valence-electron chi connectivity index (χ1n) is 7.54. The zero-order valence-electron chi connectivity index (χ0n) is 12.4. The summed E-state index contributed by atoms with van der Waals surface area (Å²) in [5, 5.41) is 3.05. The Kier molecular flexibility index (Phi) is 5.22. The van der Waals surface area contributed by atoms with E-state index >= 15 is 0 Å². The van der Waals surface area contributed by atoms with Crippen LogP contribution in [0.2, 0.25) is 0 Å². The Morgan fingerprint density at radius 1 is 1.15 bits per heavy atom. The number of hydrogen-bond acceptors (Lipinski definition) is 3. The minimum absolute atomic E-state index is 0.382. The summed E-state index contributed by atoms with van der Waals surface area (Å²) in [6.45, 7) is 4.30. The summed E-state index contributed by atoms with van der Waals surface area (Å²) in [6, 6.07) is 7.63. The second-order valence-electron chi connectivity index (χ2n) is 5.91. The van der Waals surface area contributed by atoms with Gasteiger partial charge in [0.05, 0.1) is 10.1 Å². The number of rotatable bonds is 5. The molecule has 0 radical (unpaired) electrons. The second-order valence-corrected chi connectivity index (χ2v) is 8.28. The van der Waals surface area contributed by atoms with Gasteiger partial charge in [0.15, 0.2) is 9.84 Å². The molecule has 0 aliphatic heterocycles. The third-order valence-electron chi connectivity index (χ3n) is 4.18. The summed E-state index contributed by atoms with van der Waals surface area (Å²) in [5.74, 6) is 0. The zero-order chi connectivity index (χ0) is 14.6. The maximum atomic E-state index is 12.5. The Balaban J connectivity index is 1.96. The number of hydrogen-bond donors (Lipinski definition) is 1. The molecule has 0 bridgehead atoms. The fourth-order valence-corrected chi connectivity index (χ4v) is 4.01. The number of sulfone groups is 1. The largest absolute Gasteiger partial charge is 0.313 e. The van der Waals surface area contributed by atoms with Gasteiger partial charge in [-0.15, -0.1) is 0 Å². The molecule has 0 saturated heterocycles. The third-order valence-corrected chi connectivity index (χ3v) is 6.33. The first kappa shape index (κ1) is 15.5. The predicted octanol–water partition coefficient (Wildman–Crippen LogP) is 3.08. The molecule has 3 nitrogen and oxygen atoms in total. The third kappa shape index (κ3) is 3.83. The number of nitrogens with one attached hydrogen (secondary N) is 1. The summed E-state index contributed by atoms with van der Waals surface area (Å²) in [6.07, 6.45) is 6.19. The minimum Gasteiger partial charge on any atom is -0.313 e. The van der Waals surface area contributed by atoms with Crippen LogP contribution in [-0.2, 0) is 9.84 Å². The van der Waals surface area contributed by atoms with Crippen molar-refractivity contribution in [3.8, 4) is 0 Å². The quantitative estimate of drug-likeness (QED) is 0.908. The molecule has 20 heavy (non-hydrogen) atoms. The van der Waals surface area contributed by atoms with Crippen molar-refractivity contribution in [1.29, 1.82) is 0 Å². The van der Waals surface area contributed by atoms with Gasteiger partial charge in [-0.05, 0) is 38.8 Å². The van der Waals surface area contributed by atoms with Crippen LogP contribution in [0, 0.1) is 6.92 Å². The second kappa shape index (κ2) is 6.72. The number of benzene rings is 1. The van der Waals surface area contributed by atoms with Gasteiger partial charge in [-0.1, -0.05) is 37.0 Å². The van der Waals surface area contributed by atoms with E-state index in [9.17, 15) is 8.42 Å². The van der Waals surface area contributed by atoms with E-state index in [1.807, 2.05) is 19.1 Å². The Labute approximate surface area is 122 Å². The smallest absolute Gasteiger partial charge is 0.182 e. The van der Waals surface area contributed by atoms with Crippen LogP contribution in [-0.4, -0.2) is 26.3 Å². The van der Waals surface area contributed by atoms with E-state index in [1.54, 1.807) is 19.1 Å². The van der Waals surface area contributed by atoms with Gasteiger partial charge < -0.3 is 5.32 Å². The lowest BCUT2D eigenvalue weighted by atomic mass is 9.95. The van der Waals surface area contributed by atoms with E-state index in [0.717, 1.165) is 5.56 Å². The summed E-state index contributed by atoms with van der Waals surface area (Å²) in [5.41, 5.74) is 1.08. The van der Waals surface area contributed by atoms with Crippen LogP contribution in [0.25, 0.3) is 0 Å². The van der Waals surface area contributed by atoms with E-state index in [2.05, 4.69) is 5.32 Å². The van der Waals surface area contributed by atoms with Crippen LogP contribution in [0.3, 0.4) is 0 Å². The highest BCUT2D eigenvalue weighted by molar-refractivity contribution is 7.92. The Hall–Kier alpha value is -0.870. The van der Waals surface area contributed by atoms with Gasteiger partial charge in [-0.25, -0.2) is 8.42 Å². The first-order valence-corrected chi connectivity index (χ1v) is 9.09. The monoisotopic (exact) mass is 295 g/mol. The Bertz CT molecular complexity index is 516. The van der Waals surface area contributed by atoms with Gasteiger partial charge in [-0.3, -0.25) is 0 Å². The summed E-state index contributed by atoms with van der Waals surface area (Å²) >= 11 is 0. The Morgan fingerprint density at radius 3 is 2.35 bits per heavy atom. The van der Waals surface area contributed by atoms with E-state index in [1.165, 1.54) is 32.1 Å². The van der Waals surface area contributed by atoms with E-state index in [0.29, 0.717) is 17.5 Å². The molecule has 1 N–H and O–H groups in total. The summed E-state index contributed by atoms with van der Waals surface area (Å²) < 4.78 is 25.0. The molecule has 1 unspecified atom stereocenters. The van der Waals surface area contributed by atoms with Crippen LogP contribution < -0.4 is 5.32 Å². The fourth-order valence-electron chi connectivity index (χ4n) is 2.71. The molecule has 4 heteroatoms. The lowest BCUT2D eigenvalue weighted by molar-refractivity contribution is 0.374. The van der Waals surface area contributed by atoms with Gasteiger partial charge >= 0.3 is 0 Å². The normalized spacial score (nSPS) is 18.9. The van der Waals surface area contributed by atoms with Gasteiger partial charge in [0.2, 0.25) is 0 Å². The summed E-state index contributed by atoms with van der Waals surface area (Å²) in [7, 11) is -3.22. The fraction of sp³-hybridized carbons (Fsp3) is 0.625. The highest BCUT2D eigenvalue weighted by Gasteiger charge is 2.24. The average Bonchev–Trinajstić information content (AvgIpc) is 2.46. The maximum Gasteiger partial charge on any atom is 0.182 e. The van der Waals surface area contributed by atoms with Gasteiger partial charge in [0.1, 0.15) is 0 Å². The van der Waals surface area contributed by atoms with Crippen LogP contribution in [0.4, 0.5) is 0 Å². The molecule has 0 heterocycles. The van der Waals surface area contributed by atoms with E-state index < -0.39 is 9.84 Å². The van der Waals surface area contributed by atoms with Crippen LogP contribution in [0.15, 0.2) is 29.2 Å². The van der Waals surface area contributed by atoms with Gasteiger partial charge in [0.25, 0.3) is 0 Å². The Morgan fingerprint density at radius 2 is 1.75 bits per heavy atom. The molecule has 1 aromatic rings. The number of aryl methyl sites for hydroxylation is 1. The molecular formula is C16H25NO2S. The van der Waals surface area contributed by atoms with Crippen LogP contribution in [0.1, 0.15) is 44.6 Å². The highest BCUT2D eigenvalue weighted by atomic mass is 32.2. The van der Waals surface area contributed by atoms with Gasteiger partial charge in [0, 0.05) is 12.6 Å². The molecule has 1 aromatic carbocycles. The van der Waals surface area contributed by atoms with Crippen molar-refractivity contribution in [3.63, 3.8) is 0 Å². The molecule has 0 aromatic heterocycles. The topological polar surface area (TPSA) is 46.2 Å². The van der Waals surface area contributed by atoms with Crippen molar-refractivity contribution in [2.75, 3.05) is 6.54 Å². The molecule has 1 atom stereocenters.